The molecule has 114 valence electrons. The molecule has 0 aromatic carbocycles. The van der Waals surface area contributed by atoms with E-state index < -0.39 is 0 Å². The lowest BCUT2D eigenvalue weighted by Gasteiger charge is -2.18. The van der Waals surface area contributed by atoms with Crippen LogP contribution in [0.2, 0.25) is 0 Å². The standard InChI is InChI=1S/C15H27N3O2/c1-5-6-12(7-8-19)9-16-14(20)13-10-17-18(11-13)15(2,3)4/h10-12,19H,5-9H2,1-4H3,(H,16,20). The third-order valence-corrected chi connectivity index (χ3v) is 3.32. The Balaban J connectivity index is 2.56. The molecule has 1 heterocycles. The largest absolute Gasteiger partial charge is 0.396 e. The third-order valence-electron chi connectivity index (χ3n) is 3.32. The van der Waals surface area contributed by atoms with Crippen LogP contribution >= 0.6 is 0 Å². The maximum absolute atomic E-state index is 12.1. The number of aliphatic hydroxyl groups is 1. The summed E-state index contributed by atoms with van der Waals surface area (Å²) in [6.07, 6.45) is 6.18. The highest BCUT2D eigenvalue weighted by Gasteiger charge is 2.17. The summed E-state index contributed by atoms with van der Waals surface area (Å²) in [6, 6.07) is 0. The van der Waals surface area contributed by atoms with E-state index >= 15 is 0 Å². The van der Waals surface area contributed by atoms with Crippen LogP contribution in [-0.2, 0) is 5.54 Å². The summed E-state index contributed by atoms with van der Waals surface area (Å²) in [4.78, 5) is 12.1. The highest BCUT2D eigenvalue weighted by atomic mass is 16.3. The minimum absolute atomic E-state index is 0.0976. The number of nitrogens with zero attached hydrogens (tertiary/aromatic N) is 2. The van der Waals surface area contributed by atoms with Gasteiger partial charge in [0.15, 0.2) is 0 Å². The van der Waals surface area contributed by atoms with Gasteiger partial charge in [-0.1, -0.05) is 13.3 Å². The molecule has 0 saturated heterocycles. The number of aromatic nitrogens is 2. The average Bonchev–Trinajstić information content (AvgIpc) is 2.85. The summed E-state index contributed by atoms with van der Waals surface area (Å²) in [7, 11) is 0. The van der Waals surface area contributed by atoms with E-state index in [1.807, 2.05) is 20.8 Å². The molecule has 1 amide bonds. The minimum Gasteiger partial charge on any atom is -0.396 e. The van der Waals surface area contributed by atoms with Crippen molar-refractivity contribution in [1.29, 1.82) is 0 Å². The van der Waals surface area contributed by atoms with Gasteiger partial charge >= 0.3 is 0 Å². The van der Waals surface area contributed by atoms with Gasteiger partial charge in [0.1, 0.15) is 0 Å². The van der Waals surface area contributed by atoms with Gasteiger partial charge in [0, 0.05) is 19.3 Å². The van der Waals surface area contributed by atoms with Crippen molar-refractivity contribution in [3.8, 4) is 0 Å². The Labute approximate surface area is 121 Å². The molecule has 2 N–H and O–H groups in total. The van der Waals surface area contributed by atoms with Crippen LogP contribution in [0.4, 0.5) is 0 Å². The maximum Gasteiger partial charge on any atom is 0.254 e. The zero-order valence-electron chi connectivity index (χ0n) is 13.0. The zero-order chi connectivity index (χ0) is 15.2. The SMILES string of the molecule is CCCC(CCO)CNC(=O)c1cnn(C(C)(C)C)c1. The van der Waals surface area contributed by atoms with Gasteiger partial charge in [-0.25, -0.2) is 0 Å². The Bertz CT molecular complexity index is 415. The normalized spacial score (nSPS) is 13.2. The number of carbonyl (C=O) groups is 1. The monoisotopic (exact) mass is 281 g/mol. The molecular formula is C15H27N3O2. The lowest BCUT2D eigenvalue weighted by molar-refractivity contribution is 0.0942. The molecule has 0 radical (unpaired) electrons. The molecule has 1 atom stereocenters. The van der Waals surface area contributed by atoms with Crippen LogP contribution in [0.15, 0.2) is 12.4 Å². The molecule has 0 aliphatic rings. The summed E-state index contributed by atoms with van der Waals surface area (Å²) in [5.41, 5.74) is 0.458. The molecule has 0 saturated carbocycles. The van der Waals surface area contributed by atoms with E-state index in [4.69, 9.17) is 5.11 Å². The predicted molar refractivity (Wildman–Crippen MR) is 79.7 cm³/mol. The first-order chi connectivity index (χ1) is 9.38. The fraction of sp³-hybridized carbons (Fsp3) is 0.733. The molecule has 0 aliphatic carbocycles. The van der Waals surface area contributed by atoms with Crippen LogP contribution in [0, 0.1) is 5.92 Å². The minimum atomic E-state index is -0.125. The van der Waals surface area contributed by atoms with Crippen LogP contribution in [0.3, 0.4) is 0 Å². The number of hydrogen-bond acceptors (Lipinski definition) is 3. The van der Waals surface area contributed by atoms with Crippen LogP contribution in [-0.4, -0.2) is 33.9 Å². The molecular weight excluding hydrogens is 254 g/mol. The van der Waals surface area contributed by atoms with Crippen molar-refractivity contribution in [2.24, 2.45) is 5.92 Å². The molecule has 5 nitrogen and oxygen atoms in total. The number of amides is 1. The highest BCUT2D eigenvalue weighted by molar-refractivity contribution is 5.93. The van der Waals surface area contributed by atoms with Crippen molar-refractivity contribution in [3.05, 3.63) is 18.0 Å². The van der Waals surface area contributed by atoms with Crippen molar-refractivity contribution in [3.63, 3.8) is 0 Å². The molecule has 1 aromatic heterocycles. The van der Waals surface area contributed by atoms with E-state index in [9.17, 15) is 4.79 Å². The Morgan fingerprint density at radius 3 is 2.65 bits per heavy atom. The molecule has 0 bridgehead atoms. The van der Waals surface area contributed by atoms with Crippen LogP contribution in [0.5, 0.6) is 0 Å². The van der Waals surface area contributed by atoms with Gasteiger partial charge in [-0.3, -0.25) is 9.48 Å². The summed E-state index contributed by atoms with van der Waals surface area (Å²) >= 11 is 0. The van der Waals surface area contributed by atoms with Gasteiger partial charge in [0.2, 0.25) is 0 Å². The Kier molecular flexibility index (Phi) is 6.20. The van der Waals surface area contributed by atoms with Crippen molar-refractivity contribution >= 4 is 5.91 Å². The first-order valence-electron chi connectivity index (χ1n) is 7.32. The van der Waals surface area contributed by atoms with Gasteiger partial charge in [-0.05, 0) is 39.5 Å². The molecule has 0 fully saturated rings. The van der Waals surface area contributed by atoms with E-state index in [1.54, 1.807) is 17.1 Å². The predicted octanol–water partition coefficient (Wildman–Crippen LogP) is 2.17. The first-order valence-corrected chi connectivity index (χ1v) is 7.32. The molecule has 1 unspecified atom stereocenters. The second-order valence-corrected chi connectivity index (χ2v) is 6.22. The van der Waals surface area contributed by atoms with Gasteiger partial charge in [0.25, 0.3) is 5.91 Å². The molecule has 1 rings (SSSR count). The maximum atomic E-state index is 12.1. The molecule has 0 spiro atoms. The van der Waals surface area contributed by atoms with Crippen LogP contribution in [0.1, 0.15) is 57.3 Å². The summed E-state index contributed by atoms with van der Waals surface area (Å²) in [5.74, 6) is 0.242. The smallest absolute Gasteiger partial charge is 0.254 e. The van der Waals surface area contributed by atoms with Gasteiger partial charge < -0.3 is 10.4 Å². The van der Waals surface area contributed by atoms with Gasteiger partial charge in [-0.15, -0.1) is 0 Å². The summed E-state index contributed by atoms with van der Waals surface area (Å²) in [5, 5.41) is 16.2. The Morgan fingerprint density at radius 2 is 2.15 bits per heavy atom. The fourth-order valence-electron chi connectivity index (χ4n) is 2.09. The number of rotatable bonds is 7. The fourth-order valence-corrected chi connectivity index (χ4v) is 2.09. The number of nitrogens with one attached hydrogen (secondary N) is 1. The van der Waals surface area contributed by atoms with Gasteiger partial charge in [0.05, 0.1) is 17.3 Å². The first kappa shape index (κ1) is 16.7. The Morgan fingerprint density at radius 1 is 1.45 bits per heavy atom. The van der Waals surface area contributed by atoms with E-state index in [1.165, 1.54) is 0 Å². The Hall–Kier alpha value is -1.36. The quantitative estimate of drug-likeness (QED) is 0.805. The van der Waals surface area contributed by atoms with Crippen molar-refractivity contribution in [2.75, 3.05) is 13.2 Å². The van der Waals surface area contributed by atoms with Crippen LogP contribution < -0.4 is 5.32 Å². The highest BCUT2D eigenvalue weighted by Crippen LogP contribution is 2.13. The second kappa shape index (κ2) is 7.43. The molecule has 5 heteroatoms. The summed E-state index contributed by atoms with van der Waals surface area (Å²) < 4.78 is 1.79. The third kappa shape index (κ3) is 4.96. The number of carbonyl (C=O) groups excluding carboxylic acids is 1. The molecule has 1 aromatic rings. The van der Waals surface area contributed by atoms with Crippen LogP contribution in [0.25, 0.3) is 0 Å². The summed E-state index contributed by atoms with van der Waals surface area (Å²) in [6.45, 7) is 9.01. The van der Waals surface area contributed by atoms with E-state index in [0.29, 0.717) is 18.0 Å². The van der Waals surface area contributed by atoms with E-state index in [0.717, 1.165) is 19.3 Å². The lowest BCUT2D eigenvalue weighted by Crippen LogP contribution is -2.29. The zero-order valence-corrected chi connectivity index (χ0v) is 13.0. The number of aliphatic hydroxyl groups excluding tert-OH is 1. The van der Waals surface area contributed by atoms with E-state index in [2.05, 4.69) is 17.3 Å². The molecule has 0 aliphatic heterocycles. The van der Waals surface area contributed by atoms with Crippen molar-refractivity contribution < 1.29 is 9.90 Å². The topological polar surface area (TPSA) is 67.2 Å². The van der Waals surface area contributed by atoms with Crippen molar-refractivity contribution in [1.82, 2.24) is 15.1 Å². The molecule has 20 heavy (non-hydrogen) atoms. The number of hydrogen-bond donors (Lipinski definition) is 2. The van der Waals surface area contributed by atoms with Crippen molar-refractivity contribution in [2.45, 2.75) is 52.5 Å². The lowest BCUT2D eigenvalue weighted by atomic mass is 10.0. The van der Waals surface area contributed by atoms with E-state index in [-0.39, 0.29) is 18.1 Å². The average molecular weight is 281 g/mol. The van der Waals surface area contributed by atoms with Gasteiger partial charge in [-0.2, -0.15) is 5.10 Å². The second-order valence-electron chi connectivity index (χ2n) is 6.22.